The van der Waals surface area contributed by atoms with Crippen molar-refractivity contribution in [3.05, 3.63) is 48.5 Å². The number of hydrogen-bond acceptors (Lipinski definition) is 4. The molecule has 0 unspecified atom stereocenters. The molecule has 0 amide bonds. The van der Waals surface area contributed by atoms with Crippen LogP contribution >= 0.6 is 0 Å². The summed E-state index contributed by atoms with van der Waals surface area (Å²) >= 11 is 0. The fourth-order valence-electron chi connectivity index (χ4n) is 2.46. The Hall–Kier alpha value is -2.43. The van der Waals surface area contributed by atoms with E-state index in [1.165, 1.54) is 11.9 Å². The van der Waals surface area contributed by atoms with Crippen molar-refractivity contribution in [3.8, 4) is 0 Å². The van der Waals surface area contributed by atoms with E-state index in [-0.39, 0.29) is 11.5 Å². The first-order chi connectivity index (χ1) is 10.1. The Morgan fingerprint density at radius 2 is 1.81 bits per heavy atom. The number of fused-ring (bicyclic) bond motifs is 1. The second-order valence-electron chi connectivity index (χ2n) is 6.18. The molecule has 3 rings (SSSR count). The number of anilines is 1. The van der Waals surface area contributed by atoms with Crippen LogP contribution in [-0.4, -0.2) is 19.9 Å². The number of hydrogen-bond donors (Lipinski definition) is 2. The molecular formula is C16H19N5. The van der Waals surface area contributed by atoms with Gasteiger partial charge in [0, 0.05) is 0 Å². The predicted molar refractivity (Wildman–Crippen MR) is 83.9 cm³/mol. The van der Waals surface area contributed by atoms with Crippen molar-refractivity contribution in [1.29, 1.82) is 0 Å². The summed E-state index contributed by atoms with van der Waals surface area (Å²) in [5, 5.41) is 3.54. The molecule has 3 aromatic rings. The minimum Gasteiger partial charge on any atom is -0.361 e. The standard InChI is InChI=1S/C16H19N5/c1-16(2,3)13(11-7-5-4-6-8-11)21-15-12-14(18-9-17-12)19-10-20-15/h4-10,13H,1-3H3,(H2,17,18,19,20,21)/t13-/m0/s1. The molecule has 0 aliphatic rings. The van der Waals surface area contributed by atoms with Gasteiger partial charge in [0.2, 0.25) is 0 Å². The molecule has 5 nitrogen and oxygen atoms in total. The summed E-state index contributed by atoms with van der Waals surface area (Å²) in [6, 6.07) is 10.5. The first-order valence-corrected chi connectivity index (χ1v) is 7.01. The number of aromatic amines is 1. The molecule has 1 atom stereocenters. The van der Waals surface area contributed by atoms with Gasteiger partial charge in [-0.2, -0.15) is 0 Å². The average Bonchev–Trinajstić information content (AvgIpc) is 2.93. The molecule has 0 aliphatic carbocycles. The molecule has 2 aromatic heterocycles. The van der Waals surface area contributed by atoms with E-state index >= 15 is 0 Å². The van der Waals surface area contributed by atoms with Gasteiger partial charge in [0.1, 0.15) is 11.8 Å². The Morgan fingerprint density at radius 1 is 1.05 bits per heavy atom. The lowest BCUT2D eigenvalue weighted by atomic mass is 9.82. The largest absolute Gasteiger partial charge is 0.361 e. The van der Waals surface area contributed by atoms with Crippen LogP contribution in [0.1, 0.15) is 32.4 Å². The number of benzene rings is 1. The topological polar surface area (TPSA) is 66.5 Å². The molecule has 0 aliphatic heterocycles. The van der Waals surface area contributed by atoms with Gasteiger partial charge >= 0.3 is 0 Å². The Labute approximate surface area is 123 Å². The summed E-state index contributed by atoms with van der Waals surface area (Å²) in [6.07, 6.45) is 3.18. The molecule has 0 radical (unpaired) electrons. The third kappa shape index (κ3) is 2.72. The highest BCUT2D eigenvalue weighted by Gasteiger charge is 2.27. The zero-order valence-corrected chi connectivity index (χ0v) is 12.5. The first-order valence-electron chi connectivity index (χ1n) is 7.01. The molecular weight excluding hydrogens is 262 g/mol. The molecule has 1 aromatic carbocycles. The van der Waals surface area contributed by atoms with Gasteiger partial charge in [0.15, 0.2) is 11.5 Å². The number of nitrogens with zero attached hydrogens (tertiary/aromatic N) is 3. The van der Waals surface area contributed by atoms with Crippen molar-refractivity contribution in [1.82, 2.24) is 19.9 Å². The smallest absolute Gasteiger partial charge is 0.182 e. The van der Waals surface area contributed by atoms with Crippen LogP contribution in [0.5, 0.6) is 0 Å². The van der Waals surface area contributed by atoms with Crippen LogP contribution in [0.15, 0.2) is 43.0 Å². The quantitative estimate of drug-likeness (QED) is 0.770. The van der Waals surface area contributed by atoms with Crippen molar-refractivity contribution in [2.45, 2.75) is 26.8 Å². The minimum absolute atomic E-state index is 0.0403. The van der Waals surface area contributed by atoms with Gasteiger partial charge in [-0.25, -0.2) is 15.0 Å². The van der Waals surface area contributed by atoms with E-state index in [0.29, 0.717) is 5.65 Å². The molecule has 108 valence electrons. The lowest BCUT2D eigenvalue weighted by molar-refractivity contribution is 0.347. The summed E-state index contributed by atoms with van der Waals surface area (Å²) in [5.74, 6) is 0.779. The molecule has 21 heavy (non-hydrogen) atoms. The molecule has 5 heteroatoms. The molecule has 0 spiro atoms. The maximum atomic E-state index is 4.36. The number of H-pyrrole nitrogens is 1. The normalized spacial score (nSPS) is 13.3. The fourth-order valence-corrected chi connectivity index (χ4v) is 2.46. The maximum absolute atomic E-state index is 4.36. The van der Waals surface area contributed by atoms with Gasteiger partial charge in [-0.1, -0.05) is 51.1 Å². The van der Waals surface area contributed by atoms with Crippen LogP contribution in [0.2, 0.25) is 0 Å². The highest BCUT2D eigenvalue weighted by atomic mass is 15.1. The van der Waals surface area contributed by atoms with Gasteiger partial charge < -0.3 is 10.3 Å². The molecule has 0 saturated carbocycles. The minimum atomic E-state index is 0.0403. The van der Waals surface area contributed by atoms with Crippen LogP contribution in [0.25, 0.3) is 11.2 Å². The summed E-state index contributed by atoms with van der Waals surface area (Å²) in [7, 11) is 0. The number of rotatable bonds is 3. The fraction of sp³-hybridized carbons (Fsp3) is 0.312. The van der Waals surface area contributed by atoms with Gasteiger partial charge in [-0.05, 0) is 11.0 Å². The lowest BCUT2D eigenvalue weighted by Crippen LogP contribution is -2.26. The van der Waals surface area contributed by atoms with Gasteiger partial charge in [0.25, 0.3) is 0 Å². The highest BCUT2D eigenvalue weighted by molar-refractivity contribution is 5.82. The van der Waals surface area contributed by atoms with Crippen molar-refractivity contribution >= 4 is 17.0 Å². The van der Waals surface area contributed by atoms with E-state index in [1.807, 2.05) is 6.07 Å². The Morgan fingerprint density at radius 3 is 2.52 bits per heavy atom. The van der Waals surface area contributed by atoms with E-state index in [0.717, 1.165) is 11.3 Å². The van der Waals surface area contributed by atoms with E-state index in [2.05, 4.69) is 70.3 Å². The first kappa shape index (κ1) is 13.5. The molecule has 0 saturated heterocycles. The van der Waals surface area contributed by atoms with Crippen LogP contribution in [0.4, 0.5) is 5.82 Å². The SMILES string of the molecule is CC(C)(C)[C@@H](Nc1ncnc2nc[nH]c12)c1ccccc1. The monoisotopic (exact) mass is 281 g/mol. The Kier molecular flexibility index (Phi) is 3.33. The van der Waals surface area contributed by atoms with Crippen molar-refractivity contribution in [2.24, 2.45) is 5.41 Å². The average molecular weight is 281 g/mol. The van der Waals surface area contributed by atoms with Crippen LogP contribution in [0, 0.1) is 5.41 Å². The Bertz CT molecular complexity index is 727. The van der Waals surface area contributed by atoms with Crippen LogP contribution in [-0.2, 0) is 0 Å². The number of imidazole rings is 1. The van der Waals surface area contributed by atoms with Crippen molar-refractivity contribution in [3.63, 3.8) is 0 Å². The molecule has 2 N–H and O–H groups in total. The van der Waals surface area contributed by atoms with Crippen molar-refractivity contribution in [2.75, 3.05) is 5.32 Å². The predicted octanol–water partition coefficient (Wildman–Crippen LogP) is 3.55. The summed E-state index contributed by atoms with van der Waals surface area (Å²) < 4.78 is 0. The number of aromatic nitrogens is 4. The zero-order chi connectivity index (χ0) is 14.9. The van der Waals surface area contributed by atoms with Crippen LogP contribution in [0.3, 0.4) is 0 Å². The second kappa shape index (κ2) is 5.16. The van der Waals surface area contributed by atoms with E-state index in [1.54, 1.807) is 6.33 Å². The van der Waals surface area contributed by atoms with Gasteiger partial charge in [-0.3, -0.25) is 0 Å². The third-order valence-corrected chi connectivity index (χ3v) is 3.50. The molecule has 0 fully saturated rings. The zero-order valence-electron chi connectivity index (χ0n) is 12.5. The maximum Gasteiger partial charge on any atom is 0.182 e. The molecule has 0 bridgehead atoms. The van der Waals surface area contributed by atoms with E-state index < -0.39 is 0 Å². The molecule has 2 heterocycles. The lowest BCUT2D eigenvalue weighted by Gasteiger charge is -2.32. The van der Waals surface area contributed by atoms with Crippen LogP contribution < -0.4 is 5.32 Å². The summed E-state index contributed by atoms with van der Waals surface area (Å²) in [4.78, 5) is 15.8. The van der Waals surface area contributed by atoms with Crippen molar-refractivity contribution < 1.29 is 0 Å². The summed E-state index contributed by atoms with van der Waals surface area (Å²) in [5.41, 5.74) is 2.78. The second-order valence-corrected chi connectivity index (χ2v) is 6.18. The Balaban J connectivity index is 2.01. The number of nitrogens with one attached hydrogen (secondary N) is 2. The highest BCUT2D eigenvalue weighted by Crippen LogP contribution is 2.36. The van der Waals surface area contributed by atoms with E-state index in [9.17, 15) is 0 Å². The van der Waals surface area contributed by atoms with E-state index in [4.69, 9.17) is 0 Å². The van der Waals surface area contributed by atoms with Gasteiger partial charge in [-0.15, -0.1) is 0 Å². The van der Waals surface area contributed by atoms with Gasteiger partial charge in [0.05, 0.1) is 12.4 Å². The third-order valence-electron chi connectivity index (χ3n) is 3.50. The summed E-state index contributed by atoms with van der Waals surface area (Å²) in [6.45, 7) is 6.63.